The molecular weight excluding hydrogens is 232 g/mol. The van der Waals surface area contributed by atoms with Crippen molar-refractivity contribution in [2.24, 2.45) is 5.10 Å². The van der Waals surface area contributed by atoms with Gasteiger partial charge >= 0.3 is 0 Å². The summed E-state index contributed by atoms with van der Waals surface area (Å²) in [6.45, 7) is 2.00. The van der Waals surface area contributed by atoms with Crippen LogP contribution >= 0.6 is 0 Å². The molecule has 1 aromatic carbocycles. The van der Waals surface area contributed by atoms with Crippen LogP contribution < -0.4 is 10.3 Å². The zero-order valence-electron chi connectivity index (χ0n) is 10.3. The zero-order chi connectivity index (χ0) is 13.0. The van der Waals surface area contributed by atoms with Crippen molar-refractivity contribution in [3.63, 3.8) is 0 Å². The molecule has 1 heterocycles. The minimum absolute atomic E-state index is 0.0931. The first-order valence-corrected chi connectivity index (χ1v) is 5.95. The Labute approximate surface area is 105 Å². The Balaban J connectivity index is 2.37. The molecule has 1 aliphatic heterocycles. The summed E-state index contributed by atoms with van der Waals surface area (Å²) in [5.74, 6) is 0. The van der Waals surface area contributed by atoms with Crippen LogP contribution in [0.4, 0.5) is 11.4 Å². The van der Waals surface area contributed by atoms with Gasteiger partial charge in [-0.25, -0.2) is 0 Å². The third kappa shape index (κ3) is 2.58. The zero-order valence-corrected chi connectivity index (χ0v) is 10.3. The fourth-order valence-corrected chi connectivity index (χ4v) is 2.14. The van der Waals surface area contributed by atoms with Crippen molar-refractivity contribution in [1.29, 1.82) is 0 Å². The maximum Gasteiger partial charge on any atom is 0.270 e. The molecule has 18 heavy (non-hydrogen) atoms. The molecule has 6 nitrogen and oxygen atoms in total. The molecular formula is C12H16N4O2. The van der Waals surface area contributed by atoms with E-state index >= 15 is 0 Å². The predicted molar refractivity (Wildman–Crippen MR) is 71.2 cm³/mol. The van der Waals surface area contributed by atoms with Gasteiger partial charge in [-0.05, 0) is 18.9 Å². The van der Waals surface area contributed by atoms with Crippen LogP contribution in [0.1, 0.15) is 18.4 Å². The standard InChI is InChI=1S/C12H16N4O2/c1-13-14-9-10-8-11(16(17)18)4-5-12(10)15-6-2-3-7-15/h4-5,8-9,13H,2-3,6-7H2,1H3. The lowest BCUT2D eigenvalue weighted by molar-refractivity contribution is -0.384. The maximum atomic E-state index is 10.8. The first-order valence-electron chi connectivity index (χ1n) is 5.95. The van der Waals surface area contributed by atoms with E-state index in [1.54, 1.807) is 31.5 Å². The van der Waals surface area contributed by atoms with Gasteiger partial charge in [-0.1, -0.05) is 0 Å². The van der Waals surface area contributed by atoms with Crippen molar-refractivity contribution in [3.8, 4) is 0 Å². The highest BCUT2D eigenvalue weighted by atomic mass is 16.6. The van der Waals surface area contributed by atoms with Gasteiger partial charge in [-0.3, -0.25) is 10.1 Å². The molecule has 0 radical (unpaired) electrons. The van der Waals surface area contributed by atoms with Gasteiger partial charge in [0.1, 0.15) is 0 Å². The lowest BCUT2D eigenvalue weighted by Crippen LogP contribution is -2.19. The third-order valence-electron chi connectivity index (χ3n) is 3.00. The van der Waals surface area contributed by atoms with Crippen molar-refractivity contribution in [1.82, 2.24) is 5.43 Å². The summed E-state index contributed by atoms with van der Waals surface area (Å²) < 4.78 is 0. The Morgan fingerprint density at radius 2 is 2.17 bits per heavy atom. The molecule has 0 unspecified atom stereocenters. The van der Waals surface area contributed by atoms with Crippen molar-refractivity contribution < 1.29 is 4.92 Å². The van der Waals surface area contributed by atoms with E-state index in [2.05, 4.69) is 15.4 Å². The summed E-state index contributed by atoms with van der Waals surface area (Å²) in [6, 6.07) is 4.92. The highest BCUT2D eigenvalue weighted by Crippen LogP contribution is 2.27. The van der Waals surface area contributed by atoms with Crippen LogP contribution in [-0.4, -0.2) is 31.3 Å². The monoisotopic (exact) mass is 248 g/mol. The minimum atomic E-state index is -0.384. The topological polar surface area (TPSA) is 70.8 Å². The van der Waals surface area contributed by atoms with Gasteiger partial charge < -0.3 is 10.3 Å². The normalized spacial score (nSPS) is 15.3. The van der Waals surface area contributed by atoms with E-state index in [4.69, 9.17) is 0 Å². The van der Waals surface area contributed by atoms with Crippen LogP contribution in [0.5, 0.6) is 0 Å². The lowest BCUT2D eigenvalue weighted by Gasteiger charge is -2.19. The molecule has 0 saturated carbocycles. The number of hydrogen-bond acceptors (Lipinski definition) is 5. The van der Waals surface area contributed by atoms with E-state index in [0.717, 1.165) is 24.3 Å². The highest BCUT2D eigenvalue weighted by molar-refractivity contribution is 5.89. The van der Waals surface area contributed by atoms with E-state index in [9.17, 15) is 10.1 Å². The van der Waals surface area contributed by atoms with Crippen LogP contribution in [0, 0.1) is 10.1 Å². The van der Waals surface area contributed by atoms with E-state index in [-0.39, 0.29) is 10.6 Å². The molecule has 0 spiro atoms. The summed E-state index contributed by atoms with van der Waals surface area (Å²) >= 11 is 0. The number of nitrogens with zero attached hydrogens (tertiary/aromatic N) is 3. The quantitative estimate of drug-likeness (QED) is 0.500. The number of benzene rings is 1. The number of nitro benzene ring substituents is 1. The summed E-state index contributed by atoms with van der Waals surface area (Å²) in [7, 11) is 1.70. The Morgan fingerprint density at radius 1 is 1.44 bits per heavy atom. The molecule has 0 bridgehead atoms. The van der Waals surface area contributed by atoms with Gasteiger partial charge in [0.05, 0.1) is 11.1 Å². The Hall–Kier alpha value is -2.11. The lowest BCUT2D eigenvalue weighted by atomic mass is 10.1. The highest BCUT2D eigenvalue weighted by Gasteiger charge is 2.17. The number of rotatable bonds is 4. The Morgan fingerprint density at radius 3 is 2.78 bits per heavy atom. The van der Waals surface area contributed by atoms with Crippen molar-refractivity contribution in [3.05, 3.63) is 33.9 Å². The maximum absolute atomic E-state index is 10.8. The van der Waals surface area contributed by atoms with Crippen LogP contribution in [0.2, 0.25) is 0 Å². The fourth-order valence-electron chi connectivity index (χ4n) is 2.14. The molecule has 0 aromatic heterocycles. The van der Waals surface area contributed by atoms with Crippen LogP contribution in [0.15, 0.2) is 23.3 Å². The molecule has 0 aliphatic carbocycles. The van der Waals surface area contributed by atoms with E-state index in [1.807, 2.05) is 0 Å². The molecule has 0 atom stereocenters. The summed E-state index contributed by atoms with van der Waals surface area (Å²) in [5.41, 5.74) is 4.55. The number of nitrogens with one attached hydrogen (secondary N) is 1. The molecule has 1 aliphatic rings. The average molecular weight is 248 g/mol. The van der Waals surface area contributed by atoms with Gasteiger partial charge in [-0.2, -0.15) is 5.10 Å². The van der Waals surface area contributed by atoms with E-state index in [1.165, 1.54) is 12.8 Å². The molecule has 2 rings (SSSR count). The van der Waals surface area contributed by atoms with Crippen molar-refractivity contribution >= 4 is 17.6 Å². The molecule has 1 fully saturated rings. The molecule has 1 saturated heterocycles. The SMILES string of the molecule is CNN=Cc1cc([N+](=O)[O-])ccc1N1CCCC1. The van der Waals surface area contributed by atoms with Crippen LogP contribution in [0.25, 0.3) is 0 Å². The van der Waals surface area contributed by atoms with Gasteiger partial charge in [-0.15, -0.1) is 0 Å². The third-order valence-corrected chi connectivity index (χ3v) is 3.00. The second-order valence-corrected chi connectivity index (χ2v) is 4.18. The van der Waals surface area contributed by atoms with Gasteiger partial charge in [0, 0.05) is 43.5 Å². The number of non-ortho nitro benzene ring substituents is 1. The smallest absolute Gasteiger partial charge is 0.270 e. The van der Waals surface area contributed by atoms with Crippen LogP contribution in [-0.2, 0) is 0 Å². The predicted octanol–water partition coefficient (Wildman–Crippen LogP) is 1.75. The number of hydrazone groups is 1. The first kappa shape index (κ1) is 12.3. The van der Waals surface area contributed by atoms with Gasteiger partial charge in [0.15, 0.2) is 0 Å². The van der Waals surface area contributed by atoms with E-state index < -0.39 is 0 Å². The molecule has 6 heteroatoms. The van der Waals surface area contributed by atoms with Crippen molar-refractivity contribution in [2.75, 3.05) is 25.0 Å². The molecule has 0 amide bonds. The second-order valence-electron chi connectivity index (χ2n) is 4.18. The number of hydrogen-bond donors (Lipinski definition) is 1. The first-order chi connectivity index (χ1) is 8.72. The molecule has 1 N–H and O–H groups in total. The number of anilines is 1. The molecule has 96 valence electrons. The van der Waals surface area contributed by atoms with Crippen LogP contribution in [0.3, 0.4) is 0 Å². The largest absolute Gasteiger partial charge is 0.371 e. The van der Waals surface area contributed by atoms with E-state index in [0.29, 0.717) is 0 Å². The minimum Gasteiger partial charge on any atom is -0.371 e. The summed E-state index contributed by atoms with van der Waals surface area (Å²) in [5, 5.41) is 14.7. The summed E-state index contributed by atoms with van der Waals surface area (Å²) in [6.07, 6.45) is 3.96. The fraction of sp³-hybridized carbons (Fsp3) is 0.417. The second kappa shape index (κ2) is 5.48. The van der Waals surface area contributed by atoms with Crippen molar-refractivity contribution in [2.45, 2.75) is 12.8 Å². The average Bonchev–Trinajstić information content (AvgIpc) is 2.89. The number of nitro groups is 1. The Bertz CT molecular complexity index is 467. The van der Waals surface area contributed by atoms with Gasteiger partial charge in [0.2, 0.25) is 0 Å². The molecule has 1 aromatic rings. The Kier molecular flexibility index (Phi) is 3.76. The van der Waals surface area contributed by atoms with Gasteiger partial charge in [0.25, 0.3) is 5.69 Å². The summed E-state index contributed by atoms with van der Waals surface area (Å²) in [4.78, 5) is 12.6.